The van der Waals surface area contributed by atoms with Crippen LogP contribution in [-0.4, -0.2) is 44.0 Å². The van der Waals surface area contributed by atoms with Gasteiger partial charge in [0.15, 0.2) is 4.32 Å². The molecule has 0 amide bonds. The van der Waals surface area contributed by atoms with Gasteiger partial charge in [-0.25, -0.2) is 14.7 Å². The molecule has 3 N–H and O–H groups in total. The fourth-order valence-corrected chi connectivity index (χ4v) is 4.34. The molecular formula is C7H15BrN3+3. The van der Waals surface area contributed by atoms with E-state index in [0.717, 1.165) is 0 Å². The Morgan fingerprint density at radius 3 is 1.45 bits per heavy atom. The molecule has 0 spiro atoms. The molecule has 0 unspecified atom stereocenters. The van der Waals surface area contributed by atoms with E-state index in [9.17, 15) is 0 Å². The van der Waals surface area contributed by atoms with Gasteiger partial charge in [0.25, 0.3) is 0 Å². The molecule has 0 radical (unpaired) electrons. The van der Waals surface area contributed by atoms with Gasteiger partial charge in [0.1, 0.15) is 19.6 Å². The Hall–Kier alpha value is 0.360. The second-order valence-corrected chi connectivity index (χ2v) is 6.14. The van der Waals surface area contributed by atoms with Crippen molar-refractivity contribution in [3.63, 3.8) is 0 Å². The lowest BCUT2D eigenvalue weighted by Gasteiger charge is -2.50. The molecule has 4 aliphatic heterocycles. The summed E-state index contributed by atoms with van der Waals surface area (Å²) in [5, 5.41) is 0. The quantitative estimate of drug-likeness (QED) is 0.343. The van der Waals surface area contributed by atoms with E-state index >= 15 is 0 Å². The number of hydrogen-bond donors (Lipinski definition) is 3. The van der Waals surface area contributed by atoms with Crippen molar-refractivity contribution in [2.24, 2.45) is 0 Å². The van der Waals surface area contributed by atoms with E-state index in [4.69, 9.17) is 0 Å². The molecule has 11 heavy (non-hydrogen) atoms. The van der Waals surface area contributed by atoms with Crippen molar-refractivity contribution in [2.45, 2.75) is 4.32 Å². The lowest BCUT2D eigenvalue weighted by molar-refractivity contribution is -1.29. The molecule has 4 heterocycles. The molecule has 4 heteroatoms. The monoisotopic (exact) mass is 220 g/mol. The first-order valence-corrected chi connectivity index (χ1v) is 5.22. The topological polar surface area (TPSA) is 13.3 Å². The maximum atomic E-state index is 3.89. The Kier molecular flexibility index (Phi) is 1.24. The molecule has 0 aromatic carbocycles. The maximum Gasteiger partial charge on any atom is 0.213 e. The lowest BCUT2D eigenvalue weighted by atomic mass is 10.0. The first-order chi connectivity index (χ1) is 5.23. The van der Waals surface area contributed by atoms with Gasteiger partial charge >= 0.3 is 0 Å². The van der Waals surface area contributed by atoms with E-state index in [0.29, 0.717) is 4.32 Å². The normalized spacial score (nSPS) is 60.3. The van der Waals surface area contributed by atoms with Crippen LogP contribution in [0.25, 0.3) is 0 Å². The predicted molar refractivity (Wildman–Crippen MR) is 43.7 cm³/mol. The minimum absolute atomic E-state index is 0.502. The number of hydrogen-bond acceptors (Lipinski definition) is 0. The third kappa shape index (κ3) is 0.967. The van der Waals surface area contributed by atoms with Gasteiger partial charge in [-0.1, -0.05) is 15.9 Å². The van der Waals surface area contributed by atoms with Crippen molar-refractivity contribution in [1.29, 1.82) is 0 Å². The van der Waals surface area contributed by atoms with Gasteiger partial charge < -0.3 is 0 Å². The number of nitrogens with one attached hydrogen (secondary N) is 3. The van der Waals surface area contributed by atoms with Gasteiger partial charge in [0.2, 0.25) is 20.0 Å². The van der Waals surface area contributed by atoms with Crippen LogP contribution in [0.4, 0.5) is 0 Å². The highest BCUT2D eigenvalue weighted by Crippen LogP contribution is 2.14. The van der Waals surface area contributed by atoms with Crippen LogP contribution in [0.5, 0.6) is 0 Å². The van der Waals surface area contributed by atoms with Gasteiger partial charge in [-0.2, -0.15) is 0 Å². The summed E-state index contributed by atoms with van der Waals surface area (Å²) in [4.78, 5) is 5.40. The van der Waals surface area contributed by atoms with Crippen LogP contribution in [0.2, 0.25) is 0 Å². The molecule has 4 fully saturated rings. The highest BCUT2D eigenvalue weighted by molar-refractivity contribution is 9.10. The zero-order chi connectivity index (χ0) is 7.47. The molecule has 0 aromatic rings. The summed E-state index contributed by atoms with van der Waals surface area (Å²) in [6.07, 6.45) is 0. The molecule has 4 aliphatic rings. The van der Waals surface area contributed by atoms with Crippen molar-refractivity contribution in [3.05, 3.63) is 0 Å². The highest BCUT2D eigenvalue weighted by atomic mass is 79.9. The van der Waals surface area contributed by atoms with Crippen LogP contribution in [0, 0.1) is 0 Å². The zero-order valence-corrected chi connectivity index (χ0v) is 8.21. The predicted octanol–water partition coefficient (Wildman–Crippen LogP) is -4.31. The Labute approximate surface area is 75.1 Å². The van der Waals surface area contributed by atoms with Crippen LogP contribution in [0.1, 0.15) is 0 Å². The largest absolute Gasteiger partial charge is 0.240 e. The lowest BCUT2D eigenvalue weighted by Crippen LogP contribution is -3.56. The van der Waals surface area contributed by atoms with Gasteiger partial charge in [-0.05, 0) is 0 Å². The maximum absolute atomic E-state index is 3.89. The number of rotatable bonds is 0. The average molecular weight is 221 g/mol. The van der Waals surface area contributed by atoms with E-state index in [2.05, 4.69) is 15.9 Å². The van der Waals surface area contributed by atoms with Crippen molar-refractivity contribution in [2.75, 3.05) is 39.6 Å². The molecule has 4 bridgehead atoms. The molecule has 3 nitrogen and oxygen atoms in total. The van der Waals surface area contributed by atoms with E-state index < -0.39 is 0 Å². The van der Waals surface area contributed by atoms with Crippen LogP contribution >= 0.6 is 15.9 Å². The number of alkyl halides is 1. The SMILES string of the molecule is BrC12C[NH+]3C[NH+](C[NH+](C3)C1)C2. The molecule has 0 aliphatic carbocycles. The Bertz CT molecular complexity index is 159. The molecule has 4 rings (SSSR count). The number of halogens is 1. The van der Waals surface area contributed by atoms with Gasteiger partial charge in [0, 0.05) is 0 Å². The Morgan fingerprint density at radius 2 is 1.18 bits per heavy atom. The fraction of sp³-hybridized carbons (Fsp3) is 1.00. The summed E-state index contributed by atoms with van der Waals surface area (Å²) in [6.45, 7) is 8.20. The van der Waals surface area contributed by atoms with Crippen LogP contribution < -0.4 is 14.7 Å². The van der Waals surface area contributed by atoms with E-state index in [-0.39, 0.29) is 0 Å². The summed E-state index contributed by atoms with van der Waals surface area (Å²) in [7, 11) is 0. The zero-order valence-electron chi connectivity index (χ0n) is 6.62. The van der Waals surface area contributed by atoms with Crippen molar-refractivity contribution in [1.82, 2.24) is 0 Å². The van der Waals surface area contributed by atoms with Crippen LogP contribution in [0.3, 0.4) is 0 Å². The van der Waals surface area contributed by atoms with Crippen molar-refractivity contribution < 1.29 is 14.7 Å². The Balaban J connectivity index is 1.94. The van der Waals surface area contributed by atoms with Crippen molar-refractivity contribution in [3.8, 4) is 0 Å². The summed E-state index contributed by atoms with van der Waals surface area (Å²) in [6, 6.07) is 0. The molecule has 62 valence electrons. The standard InChI is InChI=1S/C7H12BrN3/c8-7-1-9-4-10(2-7)6-11(3-7)5-9/h1-6H2/p+3. The van der Waals surface area contributed by atoms with Crippen molar-refractivity contribution >= 4 is 15.9 Å². The smallest absolute Gasteiger partial charge is 0.213 e. The second-order valence-electron chi connectivity index (χ2n) is 4.46. The van der Waals surface area contributed by atoms with E-state index in [1.807, 2.05) is 0 Å². The summed E-state index contributed by atoms with van der Waals surface area (Å²) in [5.74, 6) is 0. The second kappa shape index (κ2) is 1.99. The third-order valence-electron chi connectivity index (χ3n) is 3.20. The highest BCUT2D eigenvalue weighted by Gasteiger charge is 2.55. The average Bonchev–Trinajstić information content (AvgIpc) is 1.79. The summed E-state index contributed by atoms with van der Waals surface area (Å²) in [5.41, 5.74) is 0. The number of quaternary nitrogens is 3. The minimum Gasteiger partial charge on any atom is -0.240 e. The molecule has 4 saturated heterocycles. The van der Waals surface area contributed by atoms with Gasteiger partial charge in [-0.15, -0.1) is 0 Å². The van der Waals surface area contributed by atoms with E-state index in [1.165, 1.54) is 39.6 Å². The van der Waals surface area contributed by atoms with Crippen LogP contribution in [0.15, 0.2) is 0 Å². The molecule has 0 aromatic heterocycles. The third-order valence-corrected chi connectivity index (χ3v) is 4.04. The van der Waals surface area contributed by atoms with Gasteiger partial charge in [-0.3, -0.25) is 0 Å². The summed E-state index contributed by atoms with van der Waals surface area (Å²) >= 11 is 3.89. The molecule has 0 atom stereocenters. The van der Waals surface area contributed by atoms with E-state index in [1.54, 1.807) is 14.7 Å². The minimum atomic E-state index is 0.502. The molecular weight excluding hydrogens is 206 g/mol. The first kappa shape index (κ1) is 6.83. The molecule has 0 saturated carbocycles. The Morgan fingerprint density at radius 1 is 0.818 bits per heavy atom. The summed E-state index contributed by atoms with van der Waals surface area (Å²) < 4.78 is 0.502. The first-order valence-electron chi connectivity index (χ1n) is 4.43. The fourth-order valence-electron chi connectivity index (χ4n) is 3.15. The van der Waals surface area contributed by atoms with Crippen LogP contribution in [-0.2, 0) is 0 Å². The van der Waals surface area contributed by atoms with Gasteiger partial charge in [0.05, 0.1) is 0 Å².